The smallest absolute Gasteiger partial charge is 0.263 e. The minimum atomic E-state index is -0.0280. The first-order valence-electron chi connectivity index (χ1n) is 6.61. The van der Waals surface area contributed by atoms with E-state index in [1.54, 1.807) is 0 Å². The molecule has 18 heavy (non-hydrogen) atoms. The van der Waals surface area contributed by atoms with E-state index in [-0.39, 0.29) is 11.9 Å². The molecule has 1 amide bonds. The molecule has 0 radical (unpaired) electrons. The van der Waals surface area contributed by atoms with Crippen molar-refractivity contribution in [2.75, 3.05) is 5.73 Å². The van der Waals surface area contributed by atoms with Crippen molar-refractivity contribution >= 4 is 22.4 Å². The van der Waals surface area contributed by atoms with Crippen LogP contribution in [0, 0.1) is 12.8 Å². The number of nitrogen functional groups attached to an aromatic ring is 1. The molecule has 0 saturated heterocycles. The highest BCUT2D eigenvalue weighted by atomic mass is 32.1. The van der Waals surface area contributed by atoms with Gasteiger partial charge in [0.05, 0.1) is 5.69 Å². The van der Waals surface area contributed by atoms with E-state index in [1.165, 1.54) is 43.4 Å². The van der Waals surface area contributed by atoms with Crippen molar-refractivity contribution in [1.29, 1.82) is 0 Å². The molecule has 0 aliphatic heterocycles. The maximum atomic E-state index is 12.1. The second-order valence-electron chi connectivity index (χ2n) is 5.13. The SMILES string of the molecule is Cc1nc(N)sc1C(=O)NC(C)C1CCCCC1. The zero-order chi connectivity index (χ0) is 13.1. The number of thiazole rings is 1. The molecule has 1 aliphatic rings. The highest BCUT2D eigenvalue weighted by Crippen LogP contribution is 2.27. The van der Waals surface area contributed by atoms with Gasteiger partial charge >= 0.3 is 0 Å². The van der Waals surface area contributed by atoms with Gasteiger partial charge in [0.1, 0.15) is 4.88 Å². The number of aromatic nitrogens is 1. The Morgan fingerprint density at radius 3 is 2.67 bits per heavy atom. The summed E-state index contributed by atoms with van der Waals surface area (Å²) in [5, 5.41) is 3.56. The predicted octanol–water partition coefficient (Wildman–Crippen LogP) is 2.73. The molecular weight excluding hydrogens is 246 g/mol. The van der Waals surface area contributed by atoms with Crippen molar-refractivity contribution in [2.45, 2.75) is 52.0 Å². The second kappa shape index (κ2) is 5.69. The number of carbonyl (C=O) groups excluding carboxylic acids is 1. The van der Waals surface area contributed by atoms with E-state index >= 15 is 0 Å². The first-order chi connectivity index (χ1) is 8.58. The second-order valence-corrected chi connectivity index (χ2v) is 6.16. The van der Waals surface area contributed by atoms with Gasteiger partial charge in [-0.3, -0.25) is 4.79 Å². The third kappa shape index (κ3) is 3.02. The lowest BCUT2D eigenvalue weighted by Crippen LogP contribution is -2.38. The van der Waals surface area contributed by atoms with E-state index < -0.39 is 0 Å². The number of hydrogen-bond donors (Lipinski definition) is 2. The van der Waals surface area contributed by atoms with E-state index in [0.29, 0.717) is 15.9 Å². The summed E-state index contributed by atoms with van der Waals surface area (Å²) < 4.78 is 0. The molecule has 1 fully saturated rings. The van der Waals surface area contributed by atoms with Crippen molar-refractivity contribution in [3.63, 3.8) is 0 Å². The van der Waals surface area contributed by atoms with Gasteiger partial charge in [-0.1, -0.05) is 30.6 Å². The number of hydrogen-bond acceptors (Lipinski definition) is 4. The molecule has 100 valence electrons. The van der Waals surface area contributed by atoms with Gasteiger partial charge in [-0.05, 0) is 32.6 Å². The topological polar surface area (TPSA) is 68.0 Å². The molecular formula is C13H21N3OS. The summed E-state index contributed by atoms with van der Waals surface area (Å²) >= 11 is 1.27. The summed E-state index contributed by atoms with van der Waals surface area (Å²) in [4.78, 5) is 16.9. The van der Waals surface area contributed by atoms with Crippen LogP contribution in [0.3, 0.4) is 0 Å². The van der Waals surface area contributed by atoms with Crippen LogP contribution in [0.4, 0.5) is 5.13 Å². The summed E-state index contributed by atoms with van der Waals surface area (Å²) in [5.74, 6) is 0.591. The molecule has 0 bridgehead atoms. The van der Waals surface area contributed by atoms with E-state index in [4.69, 9.17) is 5.73 Å². The summed E-state index contributed by atoms with van der Waals surface area (Å²) in [6.07, 6.45) is 6.37. The Morgan fingerprint density at radius 2 is 2.11 bits per heavy atom. The number of nitrogens with one attached hydrogen (secondary N) is 1. The lowest BCUT2D eigenvalue weighted by atomic mass is 9.84. The van der Waals surface area contributed by atoms with Crippen LogP contribution >= 0.6 is 11.3 Å². The van der Waals surface area contributed by atoms with Gasteiger partial charge in [0, 0.05) is 6.04 Å². The van der Waals surface area contributed by atoms with Crippen LogP contribution < -0.4 is 11.1 Å². The number of anilines is 1. The summed E-state index contributed by atoms with van der Waals surface area (Å²) in [7, 11) is 0. The van der Waals surface area contributed by atoms with Crippen LogP contribution in [0.15, 0.2) is 0 Å². The fourth-order valence-electron chi connectivity index (χ4n) is 2.65. The molecule has 0 spiro atoms. The van der Waals surface area contributed by atoms with Crippen molar-refractivity contribution in [2.24, 2.45) is 5.92 Å². The molecule has 0 aromatic carbocycles. The number of amides is 1. The van der Waals surface area contributed by atoms with E-state index in [0.717, 1.165) is 5.69 Å². The van der Waals surface area contributed by atoms with Crippen LogP contribution in [0.5, 0.6) is 0 Å². The fourth-order valence-corrected chi connectivity index (χ4v) is 3.39. The number of carbonyl (C=O) groups is 1. The van der Waals surface area contributed by atoms with Crippen molar-refractivity contribution in [1.82, 2.24) is 10.3 Å². The van der Waals surface area contributed by atoms with Crippen LogP contribution in [0.1, 0.15) is 54.4 Å². The lowest BCUT2D eigenvalue weighted by molar-refractivity contribution is 0.0922. The van der Waals surface area contributed by atoms with E-state index in [2.05, 4.69) is 17.2 Å². The Balaban J connectivity index is 1.96. The van der Waals surface area contributed by atoms with Gasteiger partial charge in [-0.15, -0.1) is 0 Å². The summed E-state index contributed by atoms with van der Waals surface area (Å²) in [6.45, 7) is 3.93. The average molecular weight is 267 g/mol. The standard InChI is InChI=1S/C13H21N3OS/c1-8(10-6-4-3-5-7-10)15-12(17)11-9(2)16-13(14)18-11/h8,10H,3-7H2,1-2H3,(H2,14,16)(H,15,17). The van der Waals surface area contributed by atoms with Gasteiger partial charge in [-0.2, -0.15) is 0 Å². The minimum absolute atomic E-state index is 0.0280. The zero-order valence-corrected chi connectivity index (χ0v) is 11.8. The molecule has 1 aliphatic carbocycles. The first-order valence-corrected chi connectivity index (χ1v) is 7.43. The highest BCUT2D eigenvalue weighted by molar-refractivity contribution is 7.17. The van der Waals surface area contributed by atoms with Gasteiger partial charge in [0.25, 0.3) is 5.91 Å². The zero-order valence-electron chi connectivity index (χ0n) is 11.0. The van der Waals surface area contributed by atoms with Crippen molar-refractivity contribution in [3.8, 4) is 0 Å². The average Bonchev–Trinajstić information content (AvgIpc) is 2.69. The number of rotatable bonds is 3. The van der Waals surface area contributed by atoms with Gasteiger partial charge in [-0.25, -0.2) is 4.98 Å². The normalized spacial score (nSPS) is 18.6. The maximum absolute atomic E-state index is 12.1. The van der Waals surface area contributed by atoms with E-state index in [1.807, 2.05) is 6.92 Å². The van der Waals surface area contributed by atoms with Gasteiger partial charge < -0.3 is 11.1 Å². The fraction of sp³-hybridized carbons (Fsp3) is 0.692. The van der Waals surface area contributed by atoms with Gasteiger partial charge in [0.15, 0.2) is 5.13 Å². The summed E-state index contributed by atoms with van der Waals surface area (Å²) in [6, 6.07) is 0.237. The Hall–Kier alpha value is -1.10. The Bertz CT molecular complexity index is 424. The van der Waals surface area contributed by atoms with Crippen LogP contribution in [-0.4, -0.2) is 16.9 Å². The Kier molecular flexibility index (Phi) is 4.22. The van der Waals surface area contributed by atoms with Crippen LogP contribution in [0.25, 0.3) is 0 Å². The maximum Gasteiger partial charge on any atom is 0.263 e. The molecule has 5 heteroatoms. The molecule has 1 atom stereocenters. The molecule has 2 rings (SSSR count). The molecule has 1 heterocycles. The molecule has 3 N–H and O–H groups in total. The number of nitrogens with two attached hydrogens (primary N) is 1. The molecule has 1 aromatic heterocycles. The third-order valence-corrected chi connectivity index (χ3v) is 4.72. The predicted molar refractivity (Wildman–Crippen MR) is 74.8 cm³/mol. The monoisotopic (exact) mass is 267 g/mol. The highest BCUT2D eigenvalue weighted by Gasteiger charge is 2.23. The first kappa shape index (κ1) is 13.3. The van der Waals surface area contributed by atoms with Gasteiger partial charge in [0.2, 0.25) is 0 Å². The minimum Gasteiger partial charge on any atom is -0.375 e. The van der Waals surface area contributed by atoms with Crippen LogP contribution in [0.2, 0.25) is 0 Å². The molecule has 1 unspecified atom stereocenters. The molecule has 1 aromatic rings. The molecule has 1 saturated carbocycles. The van der Waals surface area contributed by atoms with Crippen molar-refractivity contribution < 1.29 is 4.79 Å². The van der Waals surface area contributed by atoms with Crippen LogP contribution in [-0.2, 0) is 0 Å². The van der Waals surface area contributed by atoms with Crippen molar-refractivity contribution in [3.05, 3.63) is 10.6 Å². The lowest BCUT2D eigenvalue weighted by Gasteiger charge is -2.28. The largest absolute Gasteiger partial charge is 0.375 e. The third-order valence-electron chi connectivity index (χ3n) is 3.74. The number of nitrogens with zero attached hydrogens (tertiary/aromatic N) is 1. The quantitative estimate of drug-likeness (QED) is 0.884. The Labute approximate surface area is 112 Å². The summed E-state index contributed by atoms with van der Waals surface area (Å²) in [5.41, 5.74) is 6.35. The number of aryl methyl sites for hydroxylation is 1. The van der Waals surface area contributed by atoms with E-state index in [9.17, 15) is 4.79 Å². The Morgan fingerprint density at radius 1 is 1.44 bits per heavy atom. The molecule has 4 nitrogen and oxygen atoms in total.